The Kier molecular flexibility index (Phi) is 4.74. The maximum atomic E-state index is 12.5. The van der Waals surface area contributed by atoms with Crippen molar-refractivity contribution >= 4 is 11.8 Å². The topological polar surface area (TPSA) is 58.2 Å². The lowest BCUT2D eigenvalue weighted by Crippen LogP contribution is -2.43. The second-order valence-electron chi connectivity index (χ2n) is 7.40. The van der Waals surface area contributed by atoms with Crippen molar-refractivity contribution in [3.05, 3.63) is 71.8 Å². The smallest absolute Gasteiger partial charge is 0.309 e. The zero-order valence-electron chi connectivity index (χ0n) is 14.7. The normalized spacial score (nSPS) is 18.6. The molecule has 2 aliphatic rings. The molecule has 2 fully saturated rings. The van der Waals surface area contributed by atoms with Crippen LogP contribution in [0.15, 0.2) is 60.7 Å². The van der Waals surface area contributed by atoms with Crippen molar-refractivity contribution in [1.29, 1.82) is 0 Å². The summed E-state index contributed by atoms with van der Waals surface area (Å²) in [6.07, 6.45) is 4.37. The highest BCUT2D eigenvalue weighted by atomic mass is 16.2. The molecule has 2 aromatic rings. The van der Waals surface area contributed by atoms with Gasteiger partial charge in [0.05, 0.1) is 12.1 Å². The molecule has 0 radical (unpaired) electrons. The molecule has 0 aromatic heterocycles. The van der Waals surface area contributed by atoms with E-state index in [1.807, 2.05) is 60.7 Å². The zero-order chi connectivity index (χ0) is 17.9. The summed E-state index contributed by atoms with van der Waals surface area (Å²) in [5, 5.41) is 5.92. The van der Waals surface area contributed by atoms with E-state index in [0.717, 1.165) is 36.8 Å². The number of hydrogen-bond acceptors (Lipinski definition) is 2. The Bertz CT molecular complexity index is 700. The number of benzene rings is 2. The molecule has 2 aliphatic carbocycles. The Labute approximate surface area is 154 Å². The number of rotatable bonds is 6. The van der Waals surface area contributed by atoms with Crippen molar-refractivity contribution in [2.75, 3.05) is 0 Å². The Balaban J connectivity index is 1.43. The highest BCUT2D eigenvalue weighted by Gasteiger charge is 2.37. The summed E-state index contributed by atoms with van der Waals surface area (Å²) in [7, 11) is 0. The summed E-state index contributed by atoms with van der Waals surface area (Å²) in [6, 6.07) is 19.7. The fourth-order valence-corrected chi connectivity index (χ4v) is 3.54. The van der Waals surface area contributed by atoms with Gasteiger partial charge in [-0.1, -0.05) is 60.7 Å². The molecule has 0 unspecified atom stereocenters. The molecular weight excluding hydrogens is 324 g/mol. The average Bonchev–Trinajstić information content (AvgIpc) is 3.58. The van der Waals surface area contributed by atoms with Crippen LogP contribution in [0, 0.1) is 11.8 Å². The fraction of sp³-hybridized carbons (Fsp3) is 0.364. The van der Waals surface area contributed by atoms with E-state index in [9.17, 15) is 9.59 Å². The maximum absolute atomic E-state index is 12.5. The lowest BCUT2D eigenvalue weighted by Gasteiger charge is -2.21. The van der Waals surface area contributed by atoms with E-state index >= 15 is 0 Å². The molecule has 0 bridgehead atoms. The standard InChI is InChI=1S/C22H24N2O2/c25-21(23-19(17-11-12-17)15-7-3-1-4-8-15)22(26)24-20(18-13-14-18)16-9-5-2-6-10-16/h1-10,17-20H,11-14H2,(H,23,25)(H,24,26)/t19-,20-/m0/s1. The lowest BCUT2D eigenvalue weighted by atomic mass is 10.0. The Morgan fingerprint density at radius 3 is 1.31 bits per heavy atom. The molecule has 0 heterocycles. The van der Waals surface area contributed by atoms with Crippen LogP contribution >= 0.6 is 0 Å². The van der Waals surface area contributed by atoms with Crippen LogP contribution in [0.5, 0.6) is 0 Å². The van der Waals surface area contributed by atoms with E-state index in [1.165, 1.54) is 0 Å². The van der Waals surface area contributed by atoms with Gasteiger partial charge in [0.1, 0.15) is 0 Å². The van der Waals surface area contributed by atoms with Gasteiger partial charge in [-0.3, -0.25) is 9.59 Å². The average molecular weight is 348 g/mol. The van der Waals surface area contributed by atoms with Gasteiger partial charge in [0.25, 0.3) is 0 Å². The highest BCUT2D eigenvalue weighted by Crippen LogP contribution is 2.42. The first kappa shape index (κ1) is 16.8. The summed E-state index contributed by atoms with van der Waals surface area (Å²) in [5.41, 5.74) is 2.14. The van der Waals surface area contributed by atoms with E-state index in [1.54, 1.807) is 0 Å². The van der Waals surface area contributed by atoms with Gasteiger partial charge in [0.15, 0.2) is 0 Å². The van der Waals surface area contributed by atoms with E-state index in [4.69, 9.17) is 0 Å². The minimum absolute atomic E-state index is 0.0782. The Morgan fingerprint density at radius 1 is 0.654 bits per heavy atom. The number of carbonyl (C=O) groups excluding carboxylic acids is 2. The summed E-state index contributed by atoms with van der Waals surface area (Å²) < 4.78 is 0. The molecule has 4 nitrogen and oxygen atoms in total. The molecule has 2 aromatic carbocycles. The fourth-order valence-electron chi connectivity index (χ4n) is 3.54. The molecule has 2 N–H and O–H groups in total. The summed E-state index contributed by atoms with van der Waals surface area (Å²) in [6.45, 7) is 0. The van der Waals surface area contributed by atoms with Gasteiger partial charge in [0, 0.05) is 0 Å². The van der Waals surface area contributed by atoms with Crippen LogP contribution in [-0.2, 0) is 9.59 Å². The molecular formula is C22H24N2O2. The first-order chi connectivity index (χ1) is 12.7. The second kappa shape index (κ2) is 7.32. The summed E-state index contributed by atoms with van der Waals surface area (Å²) >= 11 is 0. The molecule has 26 heavy (non-hydrogen) atoms. The van der Waals surface area contributed by atoms with Gasteiger partial charge in [-0.05, 0) is 48.6 Å². The highest BCUT2D eigenvalue weighted by molar-refractivity contribution is 6.35. The zero-order valence-corrected chi connectivity index (χ0v) is 14.7. The lowest BCUT2D eigenvalue weighted by molar-refractivity contribution is -0.140. The van der Waals surface area contributed by atoms with Crippen molar-refractivity contribution in [3.63, 3.8) is 0 Å². The summed E-state index contributed by atoms with van der Waals surface area (Å²) in [5.74, 6) is -0.204. The third-order valence-electron chi connectivity index (χ3n) is 5.28. The molecule has 0 spiro atoms. The van der Waals surface area contributed by atoms with E-state index in [0.29, 0.717) is 11.8 Å². The first-order valence-electron chi connectivity index (χ1n) is 9.43. The van der Waals surface area contributed by atoms with Crippen LogP contribution in [0.25, 0.3) is 0 Å². The van der Waals surface area contributed by atoms with Gasteiger partial charge in [-0.25, -0.2) is 0 Å². The number of carbonyl (C=O) groups is 2. The largest absolute Gasteiger partial charge is 0.341 e. The van der Waals surface area contributed by atoms with Crippen LogP contribution in [0.1, 0.15) is 48.9 Å². The molecule has 2 saturated carbocycles. The van der Waals surface area contributed by atoms with Crippen LogP contribution in [0.2, 0.25) is 0 Å². The number of amides is 2. The van der Waals surface area contributed by atoms with Crippen molar-refractivity contribution in [2.24, 2.45) is 11.8 Å². The summed E-state index contributed by atoms with van der Waals surface area (Å²) in [4.78, 5) is 25.1. The first-order valence-corrected chi connectivity index (χ1v) is 9.43. The third-order valence-corrected chi connectivity index (χ3v) is 5.28. The van der Waals surface area contributed by atoms with Crippen LogP contribution < -0.4 is 10.6 Å². The quantitative estimate of drug-likeness (QED) is 0.785. The number of hydrogen-bond donors (Lipinski definition) is 2. The minimum Gasteiger partial charge on any atom is -0.341 e. The van der Waals surface area contributed by atoms with Gasteiger partial charge < -0.3 is 10.6 Å². The SMILES string of the molecule is O=C(N[C@@H](c1ccccc1)C1CC1)C(=O)N[C@@H](c1ccccc1)C1CC1. The predicted molar refractivity (Wildman–Crippen MR) is 100 cm³/mol. The van der Waals surface area contributed by atoms with Crippen LogP contribution in [0.4, 0.5) is 0 Å². The third kappa shape index (κ3) is 3.96. The molecule has 134 valence electrons. The minimum atomic E-state index is -0.535. The number of nitrogens with one attached hydrogen (secondary N) is 2. The molecule has 0 saturated heterocycles. The van der Waals surface area contributed by atoms with Crippen LogP contribution in [0.3, 0.4) is 0 Å². The second-order valence-corrected chi connectivity index (χ2v) is 7.40. The van der Waals surface area contributed by atoms with Crippen molar-refractivity contribution in [3.8, 4) is 0 Å². The van der Waals surface area contributed by atoms with E-state index < -0.39 is 11.8 Å². The molecule has 2 atom stereocenters. The molecule has 4 rings (SSSR count). The van der Waals surface area contributed by atoms with Gasteiger partial charge in [0.2, 0.25) is 0 Å². The monoisotopic (exact) mass is 348 g/mol. The molecule has 4 heteroatoms. The van der Waals surface area contributed by atoms with Gasteiger partial charge in [-0.15, -0.1) is 0 Å². The molecule has 0 aliphatic heterocycles. The van der Waals surface area contributed by atoms with Crippen molar-refractivity contribution < 1.29 is 9.59 Å². The van der Waals surface area contributed by atoms with Gasteiger partial charge >= 0.3 is 11.8 Å². The maximum Gasteiger partial charge on any atom is 0.309 e. The van der Waals surface area contributed by atoms with Crippen molar-refractivity contribution in [2.45, 2.75) is 37.8 Å². The Hall–Kier alpha value is -2.62. The van der Waals surface area contributed by atoms with Crippen molar-refractivity contribution in [1.82, 2.24) is 10.6 Å². The Morgan fingerprint density at radius 2 is 1.00 bits per heavy atom. The van der Waals surface area contributed by atoms with Crippen LogP contribution in [-0.4, -0.2) is 11.8 Å². The van der Waals surface area contributed by atoms with E-state index in [2.05, 4.69) is 10.6 Å². The molecule has 2 amide bonds. The van der Waals surface area contributed by atoms with E-state index in [-0.39, 0.29) is 12.1 Å². The predicted octanol–water partition coefficient (Wildman–Crippen LogP) is 3.52. The van der Waals surface area contributed by atoms with Gasteiger partial charge in [-0.2, -0.15) is 0 Å².